The maximum Gasteiger partial charge on any atom is 0.338 e. The highest BCUT2D eigenvalue weighted by atomic mass is 19.1. The third-order valence-electron chi connectivity index (χ3n) is 3.71. The molecule has 0 spiro atoms. The number of hydrogen-bond acceptors (Lipinski definition) is 3. The van der Waals surface area contributed by atoms with Gasteiger partial charge in [-0.15, -0.1) is 5.10 Å². The molecular formula is C13H14FN3O2. The molecule has 1 aliphatic rings. The largest absolute Gasteiger partial charge is 0.478 e. The third kappa shape index (κ3) is 1.87. The lowest BCUT2D eigenvalue weighted by Crippen LogP contribution is -2.34. The maximum absolute atomic E-state index is 13.7. The SMILES string of the molecule is CC1(C)CC(n2nnc3cc(C(=O)O)c(F)cc32)C1. The quantitative estimate of drug-likeness (QED) is 0.904. The standard InChI is InChI=1S/C13H14FN3O2/c1-13(2)5-7(6-13)17-11-4-9(14)8(12(18)19)3-10(11)15-16-17/h3-4,7H,5-6H2,1-2H3,(H,18,19). The Morgan fingerprint density at radius 1 is 1.47 bits per heavy atom. The van der Waals surface area contributed by atoms with Crippen LogP contribution in [0, 0.1) is 11.2 Å². The van der Waals surface area contributed by atoms with E-state index in [1.807, 2.05) is 0 Å². The van der Waals surface area contributed by atoms with Crippen molar-refractivity contribution in [1.29, 1.82) is 0 Å². The molecule has 0 radical (unpaired) electrons. The highest BCUT2D eigenvalue weighted by Crippen LogP contribution is 2.48. The molecular weight excluding hydrogens is 249 g/mol. The van der Waals surface area contributed by atoms with Gasteiger partial charge in [0.1, 0.15) is 11.3 Å². The zero-order valence-corrected chi connectivity index (χ0v) is 10.7. The van der Waals surface area contributed by atoms with Crippen molar-refractivity contribution in [3.05, 3.63) is 23.5 Å². The van der Waals surface area contributed by atoms with Crippen LogP contribution in [0.3, 0.4) is 0 Å². The van der Waals surface area contributed by atoms with Gasteiger partial charge in [0, 0.05) is 6.07 Å². The summed E-state index contributed by atoms with van der Waals surface area (Å²) in [6.45, 7) is 4.34. The summed E-state index contributed by atoms with van der Waals surface area (Å²) in [5, 5.41) is 16.8. The predicted molar refractivity (Wildman–Crippen MR) is 66.5 cm³/mol. The Morgan fingerprint density at radius 2 is 2.16 bits per heavy atom. The molecule has 100 valence electrons. The molecule has 0 atom stereocenters. The van der Waals surface area contributed by atoms with Gasteiger partial charge in [0.25, 0.3) is 0 Å². The summed E-state index contributed by atoms with van der Waals surface area (Å²) < 4.78 is 15.4. The van der Waals surface area contributed by atoms with Gasteiger partial charge in [0.15, 0.2) is 0 Å². The van der Waals surface area contributed by atoms with Gasteiger partial charge < -0.3 is 5.11 Å². The molecule has 2 aromatic rings. The van der Waals surface area contributed by atoms with Crippen LogP contribution in [0.5, 0.6) is 0 Å². The summed E-state index contributed by atoms with van der Waals surface area (Å²) in [5.41, 5.74) is 0.891. The second kappa shape index (κ2) is 3.76. The normalized spacial score (nSPS) is 18.5. The topological polar surface area (TPSA) is 68.0 Å². The smallest absolute Gasteiger partial charge is 0.338 e. The van der Waals surface area contributed by atoms with Crippen molar-refractivity contribution in [2.24, 2.45) is 5.41 Å². The minimum Gasteiger partial charge on any atom is -0.478 e. The van der Waals surface area contributed by atoms with Crippen LogP contribution >= 0.6 is 0 Å². The molecule has 1 N–H and O–H groups in total. The number of benzene rings is 1. The molecule has 0 unspecified atom stereocenters. The molecule has 0 bridgehead atoms. The molecule has 3 rings (SSSR count). The monoisotopic (exact) mass is 263 g/mol. The van der Waals surface area contributed by atoms with Crippen molar-refractivity contribution < 1.29 is 14.3 Å². The Bertz CT molecular complexity index is 670. The molecule has 0 aliphatic heterocycles. The average Bonchev–Trinajstić information content (AvgIpc) is 2.66. The van der Waals surface area contributed by atoms with Crippen molar-refractivity contribution in [2.45, 2.75) is 32.7 Å². The fraction of sp³-hybridized carbons (Fsp3) is 0.462. The summed E-state index contributed by atoms with van der Waals surface area (Å²) in [6.07, 6.45) is 1.93. The fourth-order valence-electron chi connectivity index (χ4n) is 2.78. The molecule has 0 saturated heterocycles. The van der Waals surface area contributed by atoms with E-state index >= 15 is 0 Å². The number of aromatic carboxylic acids is 1. The number of carboxylic acid groups (broad SMARTS) is 1. The summed E-state index contributed by atoms with van der Waals surface area (Å²) in [6, 6.07) is 2.67. The number of nitrogens with zero attached hydrogens (tertiary/aromatic N) is 3. The van der Waals surface area contributed by atoms with Gasteiger partial charge in [-0.05, 0) is 24.3 Å². The van der Waals surface area contributed by atoms with Crippen molar-refractivity contribution in [3.63, 3.8) is 0 Å². The zero-order valence-electron chi connectivity index (χ0n) is 10.7. The van der Waals surface area contributed by atoms with E-state index in [1.165, 1.54) is 12.1 Å². The molecule has 1 saturated carbocycles. The van der Waals surface area contributed by atoms with E-state index in [-0.39, 0.29) is 17.0 Å². The highest BCUT2D eigenvalue weighted by Gasteiger charge is 2.38. The number of carbonyl (C=O) groups is 1. The second-order valence-electron chi connectivity index (χ2n) is 5.89. The molecule has 5 nitrogen and oxygen atoms in total. The molecule has 1 heterocycles. The second-order valence-corrected chi connectivity index (χ2v) is 5.89. The summed E-state index contributed by atoms with van der Waals surface area (Å²) in [7, 11) is 0. The van der Waals surface area contributed by atoms with E-state index < -0.39 is 11.8 Å². The van der Waals surface area contributed by atoms with Crippen molar-refractivity contribution >= 4 is 17.0 Å². The number of aromatic nitrogens is 3. The molecule has 1 aromatic heterocycles. The van der Waals surface area contributed by atoms with Crippen LogP contribution in [0.25, 0.3) is 11.0 Å². The van der Waals surface area contributed by atoms with Crippen LogP contribution in [0.15, 0.2) is 12.1 Å². The molecule has 1 aromatic carbocycles. The maximum atomic E-state index is 13.7. The Labute approximate surface area is 109 Å². The minimum absolute atomic E-state index is 0.218. The lowest BCUT2D eigenvalue weighted by Gasteiger charge is -2.42. The van der Waals surface area contributed by atoms with Crippen LogP contribution < -0.4 is 0 Å². The number of fused-ring (bicyclic) bond motifs is 1. The predicted octanol–water partition coefficient (Wildman–Crippen LogP) is 2.63. The van der Waals surface area contributed by atoms with E-state index in [0.29, 0.717) is 11.0 Å². The van der Waals surface area contributed by atoms with Gasteiger partial charge in [-0.1, -0.05) is 19.1 Å². The fourth-order valence-corrected chi connectivity index (χ4v) is 2.78. The summed E-state index contributed by atoms with van der Waals surface area (Å²) in [4.78, 5) is 10.9. The van der Waals surface area contributed by atoms with Crippen LogP contribution in [0.2, 0.25) is 0 Å². The summed E-state index contributed by atoms with van der Waals surface area (Å²) in [5.74, 6) is -2.04. The first-order chi connectivity index (χ1) is 8.87. The highest BCUT2D eigenvalue weighted by molar-refractivity contribution is 5.92. The number of halogens is 1. The van der Waals surface area contributed by atoms with Crippen LogP contribution in [-0.4, -0.2) is 26.1 Å². The Balaban J connectivity index is 2.05. The van der Waals surface area contributed by atoms with Crippen molar-refractivity contribution in [3.8, 4) is 0 Å². The first-order valence-corrected chi connectivity index (χ1v) is 6.15. The van der Waals surface area contributed by atoms with Gasteiger partial charge in [-0.25, -0.2) is 13.9 Å². The molecule has 19 heavy (non-hydrogen) atoms. The third-order valence-corrected chi connectivity index (χ3v) is 3.71. The van der Waals surface area contributed by atoms with Gasteiger partial charge in [-0.3, -0.25) is 0 Å². The molecule has 0 amide bonds. The first-order valence-electron chi connectivity index (χ1n) is 6.15. The average molecular weight is 263 g/mol. The van der Waals surface area contributed by atoms with E-state index in [0.717, 1.165) is 12.8 Å². The van der Waals surface area contributed by atoms with E-state index in [4.69, 9.17) is 5.11 Å². The first kappa shape index (κ1) is 12.1. The molecule has 1 fully saturated rings. The van der Waals surface area contributed by atoms with E-state index in [2.05, 4.69) is 24.2 Å². The Kier molecular flexibility index (Phi) is 2.39. The lowest BCUT2D eigenvalue weighted by molar-refractivity contribution is 0.0692. The van der Waals surface area contributed by atoms with Crippen LogP contribution in [0.1, 0.15) is 43.1 Å². The zero-order chi connectivity index (χ0) is 13.8. The van der Waals surface area contributed by atoms with E-state index in [9.17, 15) is 9.18 Å². The molecule has 1 aliphatic carbocycles. The minimum atomic E-state index is -1.29. The molecule has 6 heteroatoms. The van der Waals surface area contributed by atoms with Crippen molar-refractivity contribution in [1.82, 2.24) is 15.0 Å². The number of hydrogen-bond donors (Lipinski definition) is 1. The Morgan fingerprint density at radius 3 is 2.74 bits per heavy atom. The number of rotatable bonds is 2. The Hall–Kier alpha value is -1.98. The van der Waals surface area contributed by atoms with Crippen LogP contribution in [-0.2, 0) is 0 Å². The van der Waals surface area contributed by atoms with Crippen molar-refractivity contribution in [2.75, 3.05) is 0 Å². The summed E-state index contributed by atoms with van der Waals surface area (Å²) >= 11 is 0. The van der Waals surface area contributed by atoms with Crippen LogP contribution in [0.4, 0.5) is 4.39 Å². The van der Waals surface area contributed by atoms with Gasteiger partial charge in [0.05, 0.1) is 17.1 Å². The van der Waals surface area contributed by atoms with Gasteiger partial charge >= 0.3 is 5.97 Å². The van der Waals surface area contributed by atoms with Gasteiger partial charge in [0.2, 0.25) is 0 Å². The van der Waals surface area contributed by atoms with Gasteiger partial charge in [-0.2, -0.15) is 0 Å². The number of carboxylic acids is 1. The lowest BCUT2D eigenvalue weighted by atomic mass is 9.68. The van der Waals surface area contributed by atoms with E-state index in [1.54, 1.807) is 4.68 Å².